The van der Waals surface area contributed by atoms with Crippen LogP contribution >= 0.6 is 39.3 Å². The number of benzene rings is 2. The molecule has 0 unspecified atom stereocenters. The molecule has 0 atom stereocenters. The number of amidine groups is 1. The molecule has 1 aliphatic rings. The SMILES string of the molecule is CCN1C(=O)/C(=C\c2cc(C(C)(C)C)c(O)c(C(C)(C)C)c2)SC1=Nc1ccc(Br)c(Cl)c1. The molecule has 0 aromatic heterocycles. The predicted molar refractivity (Wildman–Crippen MR) is 145 cm³/mol. The van der Waals surface area contributed by atoms with E-state index in [2.05, 4.69) is 62.5 Å². The molecule has 1 fully saturated rings. The van der Waals surface area contributed by atoms with Crippen LogP contribution in [-0.2, 0) is 15.6 Å². The van der Waals surface area contributed by atoms with Crippen molar-refractivity contribution in [3.8, 4) is 5.75 Å². The number of likely N-dealkylation sites (N-methyl/N-ethyl adjacent to an activating group) is 1. The van der Waals surface area contributed by atoms with E-state index in [9.17, 15) is 9.90 Å². The summed E-state index contributed by atoms with van der Waals surface area (Å²) >= 11 is 11.0. The van der Waals surface area contributed by atoms with Crippen LogP contribution in [0.25, 0.3) is 6.08 Å². The number of hydrogen-bond acceptors (Lipinski definition) is 4. The molecular weight excluding hydrogens is 520 g/mol. The standard InChI is InChI=1S/C26H30BrClN2O2S/c1-8-30-23(32)21(33-24(30)29-16-9-10-19(27)20(28)14-16)13-15-11-17(25(2,3)4)22(31)18(12-15)26(5,6)7/h9-14,31H,8H2,1-7H3/b21-13+,29-24?. The molecule has 1 heterocycles. The lowest BCUT2D eigenvalue weighted by Gasteiger charge is -2.28. The van der Waals surface area contributed by atoms with E-state index in [0.717, 1.165) is 21.2 Å². The fourth-order valence-electron chi connectivity index (χ4n) is 3.57. The second-order valence-electron chi connectivity index (χ2n) is 10.1. The number of phenolic OH excluding ortho intramolecular Hbond substituents is 1. The van der Waals surface area contributed by atoms with Gasteiger partial charge >= 0.3 is 0 Å². The number of thioether (sulfide) groups is 1. The van der Waals surface area contributed by atoms with Gasteiger partial charge in [-0.05, 0) is 87.4 Å². The van der Waals surface area contributed by atoms with Crippen LogP contribution < -0.4 is 0 Å². The summed E-state index contributed by atoms with van der Waals surface area (Å²) in [4.78, 5) is 20.1. The lowest BCUT2D eigenvalue weighted by molar-refractivity contribution is -0.122. The molecule has 1 aliphatic heterocycles. The van der Waals surface area contributed by atoms with Crippen molar-refractivity contribution < 1.29 is 9.90 Å². The Kier molecular flexibility index (Phi) is 7.42. The molecule has 176 valence electrons. The molecule has 0 aliphatic carbocycles. The third-order valence-corrected chi connectivity index (χ3v) is 7.62. The van der Waals surface area contributed by atoms with E-state index in [-0.39, 0.29) is 16.7 Å². The molecule has 2 aromatic carbocycles. The fraction of sp³-hybridized carbons (Fsp3) is 0.385. The predicted octanol–water partition coefficient (Wildman–Crippen LogP) is 8.03. The lowest BCUT2D eigenvalue weighted by Crippen LogP contribution is -2.28. The summed E-state index contributed by atoms with van der Waals surface area (Å²) in [7, 11) is 0. The highest BCUT2D eigenvalue weighted by atomic mass is 79.9. The van der Waals surface area contributed by atoms with Crippen LogP contribution in [0.4, 0.5) is 5.69 Å². The fourth-order valence-corrected chi connectivity index (χ4v) is 5.05. The second-order valence-corrected chi connectivity index (χ2v) is 12.4. The molecule has 4 nitrogen and oxygen atoms in total. The molecule has 0 spiro atoms. The van der Waals surface area contributed by atoms with Gasteiger partial charge < -0.3 is 5.11 Å². The van der Waals surface area contributed by atoms with Crippen LogP contribution in [-0.4, -0.2) is 27.6 Å². The number of carbonyl (C=O) groups excluding carboxylic acids is 1. The molecule has 7 heteroatoms. The molecule has 3 rings (SSSR count). The average molecular weight is 550 g/mol. The number of halogens is 2. The zero-order chi connectivity index (χ0) is 24.7. The van der Waals surface area contributed by atoms with Gasteiger partial charge in [0.2, 0.25) is 0 Å². The van der Waals surface area contributed by atoms with Gasteiger partial charge in [-0.15, -0.1) is 0 Å². The van der Waals surface area contributed by atoms with Crippen LogP contribution in [0.15, 0.2) is 44.7 Å². The first-order valence-corrected chi connectivity index (χ1v) is 12.8. The maximum atomic E-state index is 13.2. The van der Waals surface area contributed by atoms with Crippen LogP contribution in [0.1, 0.15) is 65.2 Å². The summed E-state index contributed by atoms with van der Waals surface area (Å²) in [5.74, 6) is 0.249. The number of rotatable bonds is 3. The molecule has 1 amide bonds. The van der Waals surface area contributed by atoms with E-state index < -0.39 is 0 Å². The van der Waals surface area contributed by atoms with Crippen LogP contribution in [0.5, 0.6) is 5.75 Å². The Morgan fingerprint density at radius 3 is 2.15 bits per heavy atom. The first-order chi connectivity index (χ1) is 15.2. The minimum Gasteiger partial charge on any atom is -0.507 e. The van der Waals surface area contributed by atoms with E-state index >= 15 is 0 Å². The Hall–Kier alpha value is -1.76. The number of nitrogens with zero attached hydrogens (tertiary/aromatic N) is 2. The lowest BCUT2D eigenvalue weighted by atomic mass is 9.78. The largest absolute Gasteiger partial charge is 0.507 e. The second kappa shape index (κ2) is 9.47. The number of phenols is 1. The minimum absolute atomic E-state index is 0.0767. The molecule has 1 saturated heterocycles. The van der Waals surface area contributed by atoms with Gasteiger partial charge in [0.25, 0.3) is 5.91 Å². The smallest absolute Gasteiger partial charge is 0.266 e. The summed E-state index contributed by atoms with van der Waals surface area (Å²) in [6.45, 7) is 14.9. The molecule has 2 aromatic rings. The zero-order valence-electron chi connectivity index (χ0n) is 20.1. The molecule has 1 N–H and O–H groups in total. The van der Waals surface area contributed by atoms with Crippen molar-refractivity contribution in [1.82, 2.24) is 4.90 Å². The summed E-state index contributed by atoms with van der Waals surface area (Å²) in [6.07, 6.45) is 1.90. The van der Waals surface area contributed by atoms with Crippen molar-refractivity contribution in [2.45, 2.75) is 59.3 Å². The van der Waals surface area contributed by atoms with Gasteiger partial charge in [0.1, 0.15) is 5.75 Å². The zero-order valence-corrected chi connectivity index (χ0v) is 23.2. The van der Waals surface area contributed by atoms with Gasteiger partial charge in [-0.25, -0.2) is 4.99 Å². The van der Waals surface area contributed by atoms with Crippen LogP contribution in [0.3, 0.4) is 0 Å². The van der Waals surface area contributed by atoms with E-state index in [1.165, 1.54) is 11.8 Å². The van der Waals surface area contributed by atoms with Crippen molar-refractivity contribution >= 4 is 62.1 Å². The number of hydrogen-bond donors (Lipinski definition) is 1. The highest BCUT2D eigenvalue weighted by Gasteiger charge is 2.33. The quantitative estimate of drug-likeness (QED) is 0.394. The maximum Gasteiger partial charge on any atom is 0.266 e. The van der Waals surface area contributed by atoms with Crippen molar-refractivity contribution in [1.29, 1.82) is 0 Å². The highest BCUT2D eigenvalue weighted by Crippen LogP contribution is 2.41. The normalized spacial score (nSPS) is 17.5. The maximum absolute atomic E-state index is 13.2. The van der Waals surface area contributed by atoms with Gasteiger partial charge in [0.15, 0.2) is 5.17 Å². The van der Waals surface area contributed by atoms with Crippen LogP contribution in [0, 0.1) is 0 Å². The van der Waals surface area contributed by atoms with Gasteiger partial charge in [0, 0.05) is 22.1 Å². The number of carbonyl (C=O) groups is 1. The molecule has 0 saturated carbocycles. The Labute approximate surface area is 214 Å². The summed E-state index contributed by atoms with van der Waals surface area (Å²) in [5.41, 5.74) is 2.82. The summed E-state index contributed by atoms with van der Waals surface area (Å²) in [6, 6.07) is 9.42. The molecule has 0 bridgehead atoms. The third-order valence-electron chi connectivity index (χ3n) is 5.38. The van der Waals surface area contributed by atoms with Crippen molar-refractivity contribution in [2.24, 2.45) is 4.99 Å². The van der Waals surface area contributed by atoms with E-state index in [1.54, 1.807) is 11.0 Å². The average Bonchev–Trinajstić information content (AvgIpc) is 2.98. The van der Waals surface area contributed by atoms with E-state index in [1.807, 2.05) is 37.3 Å². The Morgan fingerprint density at radius 1 is 1.09 bits per heavy atom. The topological polar surface area (TPSA) is 52.9 Å². The first kappa shape index (κ1) is 25.9. The third kappa shape index (κ3) is 5.67. The monoisotopic (exact) mass is 548 g/mol. The minimum atomic E-state index is -0.242. The Bertz CT molecular complexity index is 1120. The highest BCUT2D eigenvalue weighted by molar-refractivity contribution is 9.10. The van der Waals surface area contributed by atoms with E-state index in [4.69, 9.17) is 11.6 Å². The van der Waals surface area contributed by atoms with Gasteiger partial charge in [0.05, 0.1) is 15.6 Å². The Morgan fingerprint density at radius 2 is 1.67 bits per heavy atom. The van der Waals surface area contributed by atoms with Crippen LogP contribution in [0.2, 0.25) is 5.02 Å². The molecular formula is C26H30BrClN2O2S. The summed E-state index contributed by atoms with van der Waals surface area (Å²) in [5, 5.41) is 12.2. The van der Waals surface area contributed by atoms with Crippen molar-refractivity contribution in [3.05, 3.63) is 61.4 Å². The number of amides is 1. The van der Waals surface area contributed by atoms with Gasteiger partial charge in [-0.3, -0.25) is 9.69 Å². The molecule has 0 radical (unpaired) electrons. The van der Waals surface area contributed by atoms with Gasteiger partial charge in [-0.2, -0.15) is 0 Å². The van der Waals surface area contributed by atoms with Gasteiger partial charge in [-0.1, -0.05) is 53.1 Å². The molecule has 33 heavy (non-hydrogen) atoms. The number of aromatic hydroxyl groups is 1. The first-order valence-electron chi connectivity index (χ1n) is 10.9. The van der Waals surface area contributed by atoms with Crippen molar-refractivity contribution in [3.63, 3.8) is 0 Å². The Balaban J connectivity index is 2.08. The van der Waals surface area contributed by atoms with E-state index in [0.29, 0.717) is 33.1 Å². The number of aliphatic imine (C=N–C) groups is 1. The van der Waals surface area contributed by atoms with Crippen molar-refractivity contribution in [2.75, 3.05) is 6.54 Å². The summed E-state index contributed by atoms with van der Waals surface area (Å²) < 4.78 is 0.799.